The van der Waals surface area contributed by atoms with Crippen LogP contribution in [-0.4, -0.2) is 17.2 Å². The van der Waals surface area contributed by atoms with Crippen molar-refractivity contribution in [3.05, 3.63) is 23.7 Å². The second-order valence-corrected chi connectivity index (χ2v) is 2.06. The lowest BCUT2D eigenvalue weighted by Crippen LogP contribution is -2.14. The van der Waals surface area contributed by atoms with E-state index in [1.807, 2.05) is 12.2 Å². The second-order valence-electron chi connectivity index (χ2n) is 2.06. The van der Waals surface area contributed by atoms with Crippen LogP contribution < -0.4 is 0 Å². The lowest BCUT2D eigenvalue weighted by Gasteiger charge is -2.03. The standard InChI is InChI=1S/C6H9BO2/c8-7(9)6-4-2-1-3-5-6/h2,4-5,8-9H,1,3H2. The zero-order valence-electron chi connectivity index (χ0n) is 5.12. The molecule has 0 amide bonds. The van der Waals surface area contributed by atoms with Gasteiger partial charge in [0.05, 0.1) is 0 Å². The second kappa shape index (κ2) is 2.85. The van der Waals surface area contributed by atoms with Crippen LogP contribution in [0.2, 0.25) is 0 Å². The van der Waals surface area contributed by atoms with Gasteiger partial charge < -0.3 is 10.0 Å². The van der Waals surface area contributed by atoms with Gasteiger partial charge in [-0.15, -0.1) is 0 Å². The third-order valence-electron chi connectivity index (χ3n) is 1.32. The summed E-state index contributed by atoms with van der Waals surface area (Å²) in [6.45, 7) is 0. The van der Waals surface area contributed by atoms with Gasteiger partial charge in [-0.25, -0.2) is 0 Å². The van der Waals surface area contributed by atoms with Crippen molar-refractivity contribution in [3.8, 4) is 0 Å². The van der Waals surface area contributed by atoms with Crippen LogP contribution in [0.3, 0.4) is 0 Å². The summed E-state index contributed by atoms with van der Waals surface area (Å²) in [7, 11) is -1.29. The molecule has 9 heavy (non-hydrogen) atoms. The van der Waals surface area contributed by atoms with Crippen LogP contribution in [-0.2, 0) is 0 Å². The lowest BCUT2D eigenvalue weighted by atomic mass is 9.77. The van der Waals surface area contributed by atoms with E-state index in [1.165, 1.54) is 0 Å². The zero-order chi connectivity index (χ0) is 6.69. The molecule has 0 bridgehead atoms. The average molecular weight is 124 g/mol. The van der Waals surface area contributed by atoms with Crippen LogP contribution >= 0.6 is 0 Å². The van der Waals surface area contributed by atoms with Crippen LogP contribution in [0, 0.1) is 0 Å². The van der Waals surface area contributed by atoms with Crippen LogP contribution in [0.15, 0.2) is 23.7 Å². The highest BCUT2D eigenvalue weighted by Crippen LogP contribution is 2.09. The van der Waals surface area contributed by atoms with Gasteiger partial charge in [-0.2, -0.15) is 0 Å². The minimum absolute atomic E-state index is 0.612. The van der Waals surface area contributed by atoms with Crippen molar-refractivity contribution in [2.45, 2.75) is 12.8 Å². The largest absolute Gasteiger partial charge is 0.488 e. The molecule has 0 aromatic heterocycles. The molecule has 0 aromatic rings. The summed E-state index contributed by atoms with van der Waals surface area (Å²) in [5.41, 5.74) is 0.612. The number of allylic oxidation sites excluding steroid dienone is 4. The molecule has 1 aliphatic rings. The van der Waals surface area contributed by atoms with Crippen molar-refractivity contribution >= 4 is 7.12 Å². The first-order chi connectivity index (χ1) is 4.30. The Hall–Kier alpha value is -0.535. The Bertz CT molecular complexity index is 149. The quantitative estimate of drug-likeness (QED) is 0.492. The topological polar surface area (TPSA) is 40.5 Å². The molecule has 1 aliphatic carbocycles. The molecule has 3 heteroatoms. The third kappa shape index (κ3) is 1.70. The third-order valence-corrected chi connectivity index (χ3v) is 1.32. The van der Waals surface area contributed by atoms with E-state index in [-0.39, 0.29) is 0 Å². The molecule has 0 atom stereocenters. The minimum atomic E-state index is -1.29. The molecule has 0 radical (unpaired) electrons. The van der Waals surface area contributed by atoms with E-state index < -0.39 is 7.12 Å². The Morgan fingerprint density at radius 1 is 1.33 bits per heavy atom. The summed E-state index contributed by atoms with van der Waals surface area (Å²) in [6, 6.07) is 0. The lowest BCUT2D eigenvalue weighted by molar-refractivity contribution is 0.420. The van der Waals surface area contributed by atoms with Crippen LogP contribution in [0.5, 0.6) is 0 Å². The molecule has 0 spiro atoms. The van der Waals surface area contributed by atoms with Crippen LogP contribution in [0.4, 0.5) is 0 Å². The average Bonchev–Trinajstić information content (AvgIpc) is 1.90. The van der Waals surface area contributed by atoms with E-state index in [9.17, 15) is 0 Å². The Balaban J connectivity index is 2.58. The molecular weight excluding hydrogens is 115 g/mol. The molecule has 1 rings (SSSR count). The highest BCUT2D eigenvalue weighted by molar-refractivity contribution is 6.51. The van der Waals surface area contributed by atoms with E-state index >= 15 is 0 Å². The van der Waals surface area contributed by atoms with E-state index in [0.29, 0.717) is 5.47 Å². The first-order valence-electron chi connectivity index (χ1n) is 3.03. The summed E-state index contributed by atoms with van der Waals surface area (Å²) in [6.07, 6.45) is 7.45. The van der Waals surface area contributed by atoms with Crippen LogP contribution in [0.25, 0.3) is 0 Å². The normalized spacial score (nSPS) is 17.3. The highest BCUT2D eigenvalue weighted by atomic mass is 16.4. The Morgan fingerprint density at radius 3 is 2.44 bits per heavy atom. The van der Waals surface area contributed by atoms with Gasteiger partial charge in [-0.05, 0) is 18.3 Å². The van der Waals surface area contributed by atoms with E-state index in [4.69, 9.17) is 10.0 Å². The van der Waals surface area contributed by atoms with Gasteiger partial charge in [0.15, 0.2) is 0 Å². The molecule has 0 aromatic carbocycles. The molecule has 0 heterocycles. The van der Waals surface area contributed by atoms with Gasteiger partial charge in [-0.3, -0.25) is 0 Å². The SMILES string of the molecule is OB(O)C1=CCCC=C1. The smallest absolute Gasteiger partial charge is 0.423 e. The van der Waals surface area contributed by atoms with Crippen molar-refractivity contribution in [1.82, 2.24) is 0 Å². The molecule has 48 valence electrons. The molecule has 0 unspecified atom stereocenters. The van der Waals surface area contributed by atoms with Crippen LogP contribution in [0.1, 0.15) is 12.8 Å². The van der Waals surface area contributed by atoms with Gasteiger partial charge in [-0.1, -0.05) is 18.2 Å². The fourth-order valence-electron chi connectivity index (χ4n) is 0.825. The van der Waals surface area contributed by atoms with Crippen molar-refractivity contribution in [1.29, 1.82) is 0 Å². The first kappa shape index (κ1) is 6.58. The number of hydrogen-bond donors (Lipinski definition) is 2. The summed E-state index contributed by atoms with van der Waals surface area (Å²) in [5.74, 6) is 0. The number of hydrogen-bond acceptors (Lipinski definition) is 2. The van der Waals surface area contributed by atoms with Gasteiger partial charge >= 0.3 is 7.12 Å². The molecular formula is C6H9BO2. The van der Waals surface area contributed by atoms with Gasteiger partial charge in [0.1, 0.15) is 0 Å². The monoisotopic (exact) mass is 124 g/mol. The molecule has 0 saturated heterocycles. The Morgan fingerprint density at radius 2 is 2.11 bits per heavy atom. The predicted molar refractivity (Wildman–Crippen MR) is 36.6 cm³/mol. The van der Waals surface area contributed by atoms with E-state index in [2.05, 4.69) is 0 Å². The zero-order valence-corrected chi connectivity index (χ0v) is 5.12. The Labute approximate surface area is 54.7 Å². The maximum Gasteiger partial charge on any atom is 0.488 e. The molecule has 0 saturated carbocycles. The van der Waals surface area contributed by atoms with Crippen molar-refractivity contribution in [3.63, 3.8) is 0 Å². The first-order valence-corrected chi connectivity index (χ1v) is 3.03. The fraction of sp³-hybridized carbons (Fsp3) is 0.333. The fourth-order valence-corrected chi connectivity index (χ4v) is 0.825. The molecule has 0 fully saturated rings. The maximum atomic E-state index is 8.61. The summed E-state index contributed by atoms with van der Waals surface area (Å²) >= 11 is 0. The van der Waals surface area contributed by atoms with Gasteiger partial charge in [0.25, 0.3) is 0 Å². The molecule has 2 N–H and O–H groups in total. The predicted octanol–water partition coefficient (Wildman–Crippen LogP) is 0.275. The van der Waals surface area contributed by atoms with Crippen molar-refractivity contribution in [2.75, 3.05) is 0 Å². The van der Waals surface area contributed by atoms with Gasteiger partial charge in [0.2, 0.25) is 0 Å². The van der Waals surface area contributed by atoms with Crippen molar-refractivity contribution in [2.24, 2.45) is 0 Å². The Kier molecular flexibility index (Phi) is 2.08. The summed E-state index contributed by atoms with van der Waals surface area (Å²) in [4.78, 5) is 0. The van der Waals surface area contributed by atoms with E-state index in [1.54, 1.807) is 6.08 Å². The van der Waals surface area contributed by atoms with Gasteiger partial charge in [0, 0.05) is 0 Å². The molecule has 0 aliphatic heterocycles. The van der Waals surface area contributed by atoms with Crippen molar-refractivity contribution < 1.29 is 10.0 Å². The maximum absolute atomic E-state index is 8.61. The highest BCUT2D eigenvalue weighted by Gasteiger charge is 2.11. The summed E-state index contributed by atoms with van der Waals surface area (Å²) < 4.78 is 0. The minimum Gasteiger partial charge on any atom is -0.423 e. The molecule has 2 nitrogen and oxygen atoms in total. The number of rotatable bonds is 1. The summed E-state index contributed by atoms with van der Waals surface area (Å²) in [5, 5.41) is 17.2. The van der Waals surface area contributed by atoms with E-state index in [0.717, 1.165) is 12.8 Å².